The third-order valence-electron chi connectivity index (χ3n) is 1.40. The zero-order valence-electron chi connectivity index (χ0n) is 6.37. The second kappa shape index (κ2) is 4.43. The third-order valence-corrected chi connectivity index (χ3v) is 1.84. The van der Waals surface area contributed by atoms with Crippen molar-refractivity contribution in [2.75, 3.05) is 5.75 Å². The van der Waals surface area contributed by atoms with Gasteiger partial charge in [-0.2, -0.15) is 12.6 Å². The molecule has 0 aliphatic carbocycles. The molecule has 12 heavy (non-hydrogen) atoms. The van der Waals surface area contributed by atoms with E-state index in [4.69, 9.17) is 11.6 Å². The van der Waals surface area contributed by atoms with E-state index in [1.54, 1.807) is 18.2 Å². The normalized spacial score (nSPS) is 10.8. The summed E-state index contributed by atoms with van der Waals surface area (Å²) in [5.74, 6) is 0.850. The van der Waals surface area contributed by atoms with Crippen molar-refractivity contribution >= 4 is 30.3 Å². The van der Waals surface area contributed by atoms with Gasteiger partial charge in [0.15, 0.2) is 0 Å². The summed E-state index contributed by atoms with van der Waals surface area (Å²) >= 11 is 9.66. The molecule has 0 amide bonds. The Hall–Kier alpha value is -0.600. The molecule has 0 aliphatic rings. The van der Waals surface area contributed by atoms with Crippen LogP contribution in [-0.4, -0.2) is 10.9 Å². The van der Waals surface area contributed by atoms with Crippen LogP contribution in [0.3, 0.4) is 0 Å². The summed E-state index contributed by atoms with van der Waals surface area (Å²) in [7, 11) is 0. The lowest BCUT2D eigenvalue weighted by molar-refractivity contribution is 0.474. The summed E-state index contributed by atoms with van der Waals surface area (Å²) in [6.45, 7) is 0. The monoisotopic (exact) mass is 200 g/mol. The molecular formula is C9H9ClOS. The van der Waals surface area contributed by atoms with E-state index in [1.165, 1.54) is 6.07 Å². The first-order valence-corrected chi connectivity index (χ1v) is 4.51. The van der Waals surface area contributed by atoms with Crippen LogP contribution in [-0.2, 0) is 0 Å². The first-order chi connectivity index (χ1) is 5.74. The average molecular weight is 201 g/mol. The molecule has 1 rings (SSSR count). The Kier molecular flexibility index (Phi) is 3.50. The fourth-order valence-electron chi connectivity index (χ4n) is 0.837. The van der Waals surface area contributed by atoms with Crippen molar-refractivity contribution in [1.82, 2.24) is 0 Å². The highest BCUT2D eigenvalue weighted by Gasteiger charge is 1.96. The van der Waals surface area contributed by atoms with Gasteiger partial charge in [-0.1, -0.05) is 23.8 Å². The molecule has 0 atom stereocenters. The number of phenolic OH excluding ortho intramolecular Hbond substituents is 1. The molecule has 0 bridgehead atoms. The minimum atomic E-state index is 0.195. The highest BCUT2D eigenvalue weighted by atomic mass is 35.5. The van der Waals surface area contributed by atoms with Gasteiger partial charge in [-0.15, -0.1) is 0 Å². The van der Waals surface area contributed by atoms with E-state index >= 15 is 0 Å². The van der Waals surface area contributed by atoms with Crippen molar-refractivity contribution in [3.8, 4) is 5.75 Å². The topological polar surface area (TPSA) is 20.2 Å². The minimum Gasteiger partial charge on any atom is -0.507 e. The van der Waals surface area contributed by atoms with E-state index < -0.39 is 0 Å². The second-order valence-corrected chi connectivity index (χ2v) is 3.09. The molecular weight excluding hydrogens is 192 g/mol. The van der Waals surface area contributed by atoms with Crippen molar-refractivity contribution < 1.29 is 5.11 Å². The number of aromatic hydroxyl groups is 1. The van der Waals surface area contributed by atoms with Crippen molar-refractivity contribution in [2.45, 2.75) is 0 Å². The number of hydrogen-bond acceptors (Lipinski definition) is 2. The zero-order valence-corrected chi connectivity index (χ0v) is 8.02. The van der Waals surface area contributed by atoms with Gasteiger partial charge in [-0.05, 0) is 18.2 Å². The Balaban J connectivity index is 2.94. The summed E-state index contributed by atoms with van der Waals surface area (Å²) in [5, 5.41) is 9.89. The summed E-state index contributed by atoms with van der Waals surface area (Å²) in [4.78, 5) is 0. The Morgan fingerprint density at radius 2 is 2.25 bits per heavy atom. The molecule has 64 valence electrons. The SMILES string of the molecule is Oc1cc(Cl)ccc1C=CCS. The Morgan fingerprint density at radius 3 is 2.83 bits per heavy atom. The summed E-state index contributed by atoms with van der Waals surface area (Å²) in [5.41, 5.74) is 0.758. The number of halogens is 1. The van der Waals surface area contributed by atoms with Crippen LogP contribution in [0.5, 0.6) is 5.75 Å². The fraction of sp³-hybridized carbons (Fsp3) is 0.111. The first-order valence-electron chi connectivity index (χ1n) is 3.50. The van der Waals surface area contributed by atoms with Gasteiger partial charge in [0.25, 0.3) is 0 Å². The molecule has 0 heterocycles. The predicted molar refractivity (Wildman–Crippen MR) is 56.0 cm³/mol. The van der Waals surface area contributed by atoms with Crippen molar-refractivity contribution in [2.24, 2.45) is 0 Å². The van der Waals surface area contributed by atoms with Crippen LogP contribution in [0, 0.1) is 0 Å². The van der Waals surface area contributed by atoms with Crippen LogP contribution in [0.4, 0.5) is 0 Å². The van der Waals surface area contributed by atoms with Gasteiger partial charge in [0.1, 0.15) is 5.75 Å². The lowest BCUT2D eigenvalue weighted by Crippen LogP contribution is -1.74. The maximum absolute atomic E-state index is 9.36. The smallest absolute Gasteiger partial charge is 0.124 e. The number of benzene rings is 1. The molecule has 1 N–H and O–H groups in total. The molecule has 3 heteroatoms. The molecule has 0 saturated carbocycles. The molecule has 0 unspecified atom stereocenters. The van der Waals surface area contributed by atoms with Gasteiger partial charge >= 0.3 is 0 Å². The highest BCUT2D eigenvalue weighted by Crippen LogP contribution is 2.22. The van der Waals surface area contributed by atoms with Crippen LogP contribution >= 0.6 is 24.2 Å². The predicted octanol–water partition coefficient (Wildman–Crippen LogP) is 2.99. The summed E-state index contributed by atoms with van der Waals surface area (Å²) < 4.78 is 0. The Labute approximate surface area is 82.1 Å². The van der Waals surface area contributed by atoms with Crippen molar-refractivity contribution in [1.29, 1.82) is 0 Å². The minimum absolute atomic E-state index is 0.195. The van der Waals surface area contributed by atoms with E-state index in [1.807, 2.05) is 6.08 Å². The number of thiol groups is 1. The van der Waals surface area contributed by atoms with Gasteiger partial charge in [0.2, 0.25) is 0 Å². The maximum Gasteiger partial charge on any atom is 0.124 e. The summed E-state index contributed by atoms with van der Waals surface area (Å²) in [6.07, 6.45) is 3.66. The second-order valence-electron chi connectivity index (χ2n) is 2.29. The molecule has 1 nitrogen and oxygen atoms in total. The molecule has 1 aromatic rings. The van der Waals surface area contributed by atoms with E-state index in [2.05, 4.69) is 12.6 Å². The Morgan fingerprint density at radius 1 is 1.50 bits per heavy atom. The quantitative estimate of drug-likeness (QED) is 0.704. The Bertz CT molecular complexity index is 297. The lowest BCUT2D eigenvalue weighted by atomic mass is 10.2. The van der Waals surface area contributed by atoms with Gasteiger partial charge in [-0.3, -0.25) is 0 Å². The van der Waals surface area contributed by atoms with E-state index in [0.29, 0.717) is 10.8 Å². The third kappa shape index (κ3) is 2.47. The van der Waals surface area contributed by atoms with Crippen LogP contribution in [0.25, 0.3) is 6.08 Å². The standard InChI is InChI=1S/C9H9ClOS/c10-8-4-3-7(2-1-5-12)9(11)6-8/h1-4,6,11-12H,5H2. The van der Waals surface area contributed by atoms with Crippen LogP contribution in [0.2, 0.25) is 5.02 Å². The van der Waals surface area contributed by atoms with Crippen LogP contribution in [0.15, 0.2) is 24.3 Å². The summed E-state index contributed by atoms with van der Waals surface area (Å²) in [6, 6.07) is 5.01. The van der Waals surface area contributed by atoms with E-state index in [9.17, 15) is 5.11 Å². The molecule has 0 spiro atoms. The van der Waals surface area contributed by atoms with Gasteiger partial charge in [-0.25, -0.2) is 0 Å². The fourth-order valence-corrected chi connectivity index (χ4v) is 1.11. The molecule has 1 aromatic carbocycles. The molecule has 0 aliphatic heterocycles. The van der Waals surface area contributed by atoms with Gasteiger partial charge < -0.3 is 5.11 Å². The average Bonchev–Trinajstić information content (AvgIpc) is 2.03. The highest BCUT2D eigenvalue weighted by molar-refractivity contribution is 7.80. The van der Waals surface area contributed by atoms with Crippen LogP contribution in [0.1, 0.15) is 5.56 Å². The van der Waals surface area contributed by atoms with Crippen molar-refractivity contribution in [3.63, 3.8) is 0 Å². The molecule has 0 fully saturated rings. The largest absolute Gasteiger partial charge is 0.507 e. The number of phenols is 1. The van der Waals surface area contributed by atoms with E-state index in [-0.39, 0.29) is 5.75 Å². The first kappa shape index (κ1) is 9.49. The molecule has 0 radical (unpaired) electrons. The van der Waals surface area contributed by atoms with Crippen molar-refractivity contribution in [3.05, 3.63) is 34.9 Å². The lowest BCUT2D eigenvalue weighted by Gasteiger charge is -1.98. The van der Waals surface area contributed by atoms with E-state index in [0.717, 1.165) is 5.56 Å². The zero-order chi connectivity index (χ0) is 8.97. The molecule has 0 saturated heterocycles. The van der Waals surface area contributed by atoms with Crippen LogP contribution < -0.4 is 0 Å². The van der Waals surface area contributed by atoms with Gasteiger partial charge in [0.05, 0.1) is 0 Å². The number of rotatable bonds is 2. The molecule has 0 aromatic heterocycles. The number of hydrogen-bond donors (Lipinski definition) is 2. The van der Waals surface area contributed by atoms with Gasteiger partial charge in [0, 0.05) is 16.3 Å². The maximum atomic E-state index is 9.36.